The summed E-state index contributed by atoms with van der Waals surface area (Å²) in [6.07, 6.45) is 2.68. The second-order valence-corrected chi connectivity index (χ2v) is 7.46. The first kappa shape index (κ1) is 13.1. The van der Waals surface area contributed by atoms with Crippen LogP contribution in [0, 0.1) is 17.2 Å². The number of hydrogen-bond acceptors (Lipinski definition) is 3. The van der Waals surface area contributed by atoms with E-state index in [2.05, 4.69) is 12.1 Å². The molecule has 0 spiro atoms. The number of benzene rings is 1. The summed E-state index contributed by atoms with van der Waals surface area (Å²) >= 11 is 9.36. The van der Waals surface area contributed by atoms with E-state index >= 15 is 0 Å². The Morgan fingerprint density at radius 2 is 2.16 bits per heavy atom. The van der Waals surface area contributed by atoms with Gasteiger partial charge in [-0.2, -0.15) is 5.26 Å². The molecule has 96 valence electrons. The maximum atomic E-state index is 9.18. The molecule has 1 aromatic heterocycles. The molecule has 4 heteroatoms. The van der Waals surface area contributed by atoms with Crippen LogP contribution in [0.25, 0.3) is 10.4 Å². The van der Waals surface area contributed by atoms with Crippen molar-refractivity contribution in [1.29, 1.82) is 5.26 Å². The molecule has 0 atom stereocenters. The van der Waals surface area contributed by atoms with E-state index in [9.17, 15) is 5.26 Å². The molecule has 3 rings (SSSR count). The minimum Gasteiger partial charge on any atom is -0.192 e. The molecule has 1 aromatic carbocycles. The van der Waals surface area contributed by atoms with Gasteiger partial charge in [0.15, 0.2) is 0 Å². The lowest BCUT2D eigenvalue weighted by Gasteiger charge is -2.06. The van der Waals surface area contributed by atoms with Crippen molar-refractivity contribution in [2.75, 3.05) is 5.75 Å². The molecule has 1 fully saturated rings. The Morgan fingerprint density at radius 3 is 2.79 bits per heavy atom. The van der Waals surface area contributed by atoms with Crippen molar-refractivity contribution < 1.29 is 0 Å². The van der Waals surface area contributed by atoms with Gasteiger partial charge in [0.25, 0.3) is 0 Å². The molecule has 1 heterocycles. The van der Waals surface area contributed by atoms with Gasteiger partial charge in [0, 0.05) is 15.5 Å². The molecular weight excluding hydrogens is 294 g/mol. The van der Waals surface area contributed by atoms with Crippen molar-refractivity contribution in [3.8, 4) is 16.5 Å². The fourth-order valence-electron chi connectivity index (χ4n) is 1.85. The normalized spacial score (nSPS) is 14.3. The predicted octanol–water partition coefficient (Wildman–Crippen LogP) is 5.44. The zero-order valence-electron chi connectivity index (χ0n) is 10.2. The van der Waals surface area contributed by atoms with E-state index in [-0.39, 0.29) is 0 Å². The van der Waals surface area contributed by atoms with Gasteiger partial charge < -0.3 is 0 Å². The van der Waals surface area contributed by atoms with Gasteiger partial charge in [0.05, 0.1) is 9.90 Å². The number of halogens is 1. The predicted molar refractivity (Wildman–Crippen MR) is 82.9 cm³/mol. The number of thioether (sulfide) groups is 1. The first-order valence-electron chi connectivity index (χ1n) is 6.19. The van der Waals surface area contributed by atoms with Crippen molar-refractivity contribution >= 4 is 34.7 Å². The van der Waals surface area contributed by atoms with Crippen LogP contribution in [0.5, 0.6) is 0 Å². The highest BCUT2D eigenvalue weighted by Gasteiger charge is 2.21. The average molecular weight is 306 g/mol. The molecule has 1 aliphatic carbocycles. The van der Waals surface area contributed by atoms with Crippen LogP contribution in [-0.2, 0) is 0 Å². The molecule has 0 unspecified atom stereocenters. The molecule has 1 nitrogen and oxygen atoms in total. The largest absolute Gasteiger partial charge is 0.192 e. The Morgan fingerprint density at radius 1 is 1.32 bits per heavy atom. The standard InChI is InChI=1S/C15H12ClNS2/c16-15-6-5-13(19-15)11-3-4-12(8-17)14(7-11)18-9-10-1-2-10/h3-7,10H,1-2,9H2. The molecule has 0 aliphatic heterocycles. The molecule has 0 N–H and O–H groups in total. The molecule has 1 aliphatic rings. The van der Waals surface area contributed by atoms with Crippen LogP contribution in [0.1, 0.15) is 18.4 Å². The van der Waals surface area contributed by atoms with Crippen LogP contribution in [0.4, 0.5) is 0 Å². The zero-order chi connectivity index (χ0) is 13.2. The van der Waals surface area contributed by atoms with E-state index in [0.29, 0.717) is 0 Å². The highest BCUT2D eigenvalue weighted by molar-refractivity contribution is 7.99. The Bertz CT molecular complexity index is 638. The Balaban J connectivity index is 1.89. The van der Waals surface area contributed by atoms with Gasteiger partial charge in [0.2, 0.25) is 0 Å². The van der Waals surface area contributed by atoms with Crippen LogP contribution in [0.3, 0.4) is 0 Å². The molecule has 0 saturated heterocycles. The van der Waals surface area contributed by atoms with Gasteiger partial charge in [-0.15, -0.1) is 23.1 Å². The van der Waals surface area contributed by atoms with Crippen LogP contribution < -0.4 is 0 Å². The van der Waals surface area contributed by atoms with Crippen molar-refractivity contribution in [2.24, 2.45) is 5.92 Å². The lowest BCUT2D eigenvalue weighted by Crippen LogP contribution is -1.86. The molecule has 0 bridgehead atoms. The summed E-state index contributed by atoms with van der Waals surface area (Å²) in [5.41, 5.74) is 1.92. The van der Waals surface area contributed by atoms with E-state index in [1.165, 1.54) is 12.8 Å². The smallest absolute Gasteiger partial charge is 0.100 e. The minimum absolute atomic E-state index is 0.775. The molecule has 0 amide bonds. The SMILES string of the molecule is N#Cc1ccc(-c2ccc(Cl)s2)cc1SCC1CC1. The van der Waals surface area contributed by atoms with Crippen LogP contribution in [0.15, 0.2) is 35.2 Å². The molecule has 0 radical (unpaired) electrons. The van der Waals surface area contributed by atoms with E-state index in [1.54, 1.807) is 11.3 Å². The minimum atomic E-state index is 0.775. The van der Waals surface area contributed by atoms with Gasteiger partial charge in [-0.1, -0.05) is 17.7 Å². The summed E-state index contributed by atoms with van der Waals surface area (Å²) in [6, 6.07) is 12.3. The maximum absolute atomic E-state index is 9.18. The highest BCUT2D eigenvalue weighted by Crippen LogP contribution is 2.38. The second-order valence-electron chi connectivity index (χ2n) is 4.68. The number of thiophene rings is 1. The van der Waals surface area contributed by atoms with Crippen LogP contribution in [-0.4, -0.2) is 5.75 Å². The van der Waals surface area contributed by atoms with E-state index < -0.39 is 0 Å². The number of nitrogens with zero attached hydrogens (tertiary/aromatic N) is 1. The second kappa shape index (κ2) is 5.58. The van der Waals surface area contributed by atoms with Gasteiger partial charge in [-0.25, -0.2) is 0 Å². The van der Waals surface area contributed by atoms with E-state index in [1.807, 2.05) is 36.0 Å². The summed E-state index contributed by atoms with van der Waals surface area (Å²) in [4.78, 5) is 2.25. The summed E-state index contributed by atoms with van der Waals surface area (Å²) in [7, 11) is 0. The van der Waals surface area contributed by atoms with E-state index in [0.717, 1.165) is 36.9 Å². The topological polar surface area (TPSA) is 23.8 Å². The molecule has 19 heavy (non-hydrogen) atoms. The third-order valence-corrected chi connectivity index (χ3v) is 5.70. The van der Waals surface area contributed by atoms with Crippen molar-refractivity contribution in [3.05, 3.63) is 40.2 Å². The highest BCUT2D eigenvalue weighted by atomic mass is 35.5. The average Bonchev–Trinajstić information content (AvgIpc) is 3.16. The van der Waals surface area contributed by atoms with Crippen molar-refractivity contribution in [1.82, 2.24) is 0 Å². The summed E-state index contributed by atoms with van der Waals surface area (Å²) < 4.78 is 0.798. The van der Waals surface area contributed by atoms with Crippen molar-refractivity contribution in [2.45, 2.75) is 17.7 Å². The number of nitriles is 1. The fourth-order valence-corrected chi connectivity index (χ4v) is 4.12. The zero-order valence-corrected chi connectivity index (χ0v) is 12.6. The molecule has 1 saturated carbocycles. The van der Waals surface area contributed by atoms with Gasteiger partial charge >= 0.3 is 0 Å². The van der Waals surface area contributed by atoms with Crippen LogP contribution >= 0.6 is 34.7 Å². The third-order valence-electron chi connectivity index (χ3n) is 3.13. The molecule has 2 aromatic rings. The number of hydrogen-bond donors (Lipinski definition) is 0. The van der Waals surface area contributed by atoms with Crippen LogP contribution in [0.2, 0.25) is 4.34 Å². The summed E-state index contributed by atoms with van der Waals surface area (Å²) in [5.74, 6) is 1.99. The number of rotatable bonds is 4. The van der Waals surface area contributed by atoms with E-state index in [4.69, 9.17) is 11.6 Å². The quantitative estimate of drug-likeness (QED) is 0.702. The Labute approximate surface area is 126 Å². The first-order chi connectivity index (χ1) is 9.26. The van der Waals surface area contributed by atoms with Gasteiger partial charge in [0.1, 0.15) is 6.07 Å². The van der Waals surface area contributed by atoms with Gasteiger partial charge in [-0.05, 0) is 48.6 Å². The van der Waals surface area contributed by atoms with Crippen molar-refractivity contribution in [3.63, 3.8) is 0 Å². The monoisotopic (exact) mass is 305 g/mol. The Kier molecular flexibility index (Phi) is 3.83. The Hall–Kier alpha value is -0.950. The fraction of sp³-hybridized carbons (Fsp3) is 0.267. The lowest BCUT2D eigenvalue weighted by molar-refractivity contribution is 1.000. The first-order valence-corrected chi connectivity index (χ1v) is 8.37. The van der Waals surface area contributed by atoms with Gasteiger partial charge in [-0.3, -0.25) is 0 Å². The summed E-state index contributed by atoms with van der Waals surface area (Å²) in [6.45, 7) is 0. The maximum Gasteiger partial charge on any atom is 0.100 e. The summed E-state index contributed by atoms with van der Waals surface area (Å²) in [5, 5.41) is 9.18. The lowest BCUT2D eigenvalue weighted by atomic mass is 10.1. The molecular formula is C15H12ClNS2. The third kappa shape index (κ3) is 3.14.